The number of benzene rings is 1. The summed E-state index contributed by atoms with van der Waals surface area (Å²) < 4.78 is 10.7. The number of cyclic esters (lactones) is 1. The fourth-order valence-electron chi connectivity index (χ4n) is 3.20. The largest absolute Gasteiger partial charge is 0.456 e. The molecule has 0 bridgehead atoms. The second kappa shape index (κ2) is 14.3. The molecule has 0 aliphatic carbocycles. The fourth-order valence-corrected chi connectivity index (χ4v) is 3.20. The van der Waals surface area contributed by atoms with E-state index in [2.05, 4.69) is 10.6 Å². The molecular weight excluding hydrogens is 400 g/mol. The van der Waals surface area contributed by atoms with Crippen LogP contribution in [-0.2, 0) is 23.9 Å². The molecule has 1 aromatic rings. The quantitative estimate of drug-likeness (QED) is 0.327. The molecule has 1 heterocycles. The van der Waals surface area contributed by atoms with Crippen molar-refractivity contribution in [1.29, 1.82) is 0 Å². The van der Waals surface area contributed by atoms with Crippen LogP contribution in [0.25, 0.3) is 0 Å². The first-order valence-corrected chi connectivity index (χ1v) is 10.7. The lowest BCUT2D eigenvalue weighted by Gasteiger charge is -2.21. The van der Waals surface area contributed by atoms with Gasteiger partial charge in [0.1, 0.15) is 6.10 Å². The lowest BCUT2D eigenvalue weighted by molar-refractivity contribution is -0.150. The van der Waals surface area contributed by atoms with Gasteiger partial charge in [-0.3, -0.25) is 14.4 Å². The average molecular weight is 433 g/mol. The van der Waals surface area contributed by atoms with Crippen LogP contribution in [0.5, 0.6) is 0 Å². The van der Waals surface area contributed by atoms with Gasteiger partial charge in [-0.2, -0.15) is 0 Å². The Morgan fingerprint density at radius 2 is 2.00 bits per heavy atom. The molecule has 0 unspecified atom stereocenters. The van der Waals surface area contributed by atoms with Gasteiger partial charge in [-0.15, -0.1) is 0 Å². The van der Waals surface area contributed by atoms with Gasteiger partial charge < -0.3 is 25.2 Å². The van der Waals surface area contributed by atoms with Gasteiger partial charge in [-0.1, -0.05) is 42.5 Å². The topological polar surface area (TPSA) is 114 Å². The molecule has 1 aromatic carbocycles. The van der Waals surface area contributed by atoms with Crippen molar-refractivity contribution in [1.82, 2.24) is 10.6 Å². The number of carbonyl (C=O) groups excluding carboxylic acids is 3. The van der Waals surface area contributed by atoms with E-state index in [1.54, 1.807) is 0 Å². The first-order valence-electron chi connectivity index (χ1n) is 10.7. The molecule has 170 valence electrons. The van der Waals surface area contributed by atoms with E-state index in [0.717, 1.165) is 5.56 Å². The van der Waals surface area contributed by atoms with Gasteiger partial charge >= 0.3 is 5.97 Å². The second-order valence-corrected chi connectivity index (χ2v) is 7.32. The van der Waals surface area contributed by atoms with E-state index in [0.29, 0.717) is 38.8 Å². The van der Waals surface area contributed by atoms with Crippen LogP contribution < -0.4 is 10.6 Å². The molecule has 0 aromatic heterocycles. The van der Waals surface area contributed by atoms with E-state index >= 15 is 0 Å². The van der Waals surface area contributed by atoms with Crippen molar-refractivity contribution in [2.24, 2.45) is 5.92 Å². The SMILES string of the molecule is O=C(C[C@H]1CC=CCCCC(=O)O[C@H](c2ccccc2)CNC1=O)NCCOCCO. The zero-order valence-electron chi connectivity index (χ0n) is 17.8. The molecule has 2 rings (SSSR count). The molecule has 3 N–H and O–H groups in total. The number of aliphatic hydroxyl groups is 1. The number of hydrogen-bond acceptors (Lipinski definition) is 6. The number of allylic oxidation sites excluding steroid dienone is 2. The van der Waals surface area contributed by atoms with E-state index in [-0.39, 0.29) is 44.0 Å². The normalized spacial score (nSPS) is 20.5. The summed E-state index contributed by atoms with van der Waals surface area (Å²) in [5, 5.41) is 14.3. The van der Waals surface area contributed by atoms with Gasteiger partial charge in [-0.05, 0) is 24.8 Å². The van der Waals surface area contributed by atoms with Crippen LogP contribution in [0.1, 0.15) is 43.8 Å². The summed E-state index contributed by atoms with van der Waals surface area (Å²) in [4.78, 5) is 37.3. The summed E-state index contributed by atoms with van der Waals surface area (Å²) in [5.74, 6) is -1.32. The number of esters is 1. The fraction of sp³-hybridized carbons (Fsp3) is 0.522. The standard InChI is InChI=1S/C23H32N2O6/c26-13-15-30-14-12-24-21(27)16-19-10-4-1-2-7-11-22(28)31-20(17-25-23(19)29)18-8-5-3-6-9-18/h1,3-6,8-9,19-20,26H,2,7,10-17H2,(H,24,27)(H,25,29)/t19-,20+/m1/s1. The Bertz CT molecular complexity index is 722. The van der Waals surface area contributed by atoms with Crippen molar-refractivity contribution in [3.8, 4) is 0 Å². The Balaban J connectivity index is 1.99. The van der Waals surface area contributed by atoms with Crippen molar-refractivity contribution in [3.05, 3.63) is 48.0 Å². The van der Waals surface area contributed by atoms with E-state index in [4.69, 9.17) is 14.6 Å². The third kappa shape index (κ3) is 9.76. The molecule has 2 atom stereocenters. The van der Waals surface area contributed by atoms with Crippen molar-refractivity contribution in [2.75, 3.05) is 32.9 Å². The molecule has 0 fully saturated rings. The van der Waals surface area contributed by atoms with E-state index in [1.165, 1.54) is 0 Å². The van der Waals surface area contributed by atoms with Gasteiger partial charge in [0.05, 0.1) is 32.3 Å². The number of aliphatic hydroxyl groups excluding tert-OH is 1. The van der Waals surface area contributed by atoms with Gasteiger partial charge in [0.15, 0.2) is 0 Å². The lowest BCUT2D eigenvalue weighted by atomic mass is 9.98. The minimum atomic E-state index is -0.579. The first-order chi connectivity index (χ1) is 15.1. The van der Waals surface area contributed by atoms with Gasteiger partial charge in [0.2, 0.25) is 11.8 Å². The number of nitrogens with one attached hydrogen (secondary N) is 2. The summed E-state index contributed by atoms with van der Waals surface area (Å²) in [7, 11) is 0. The molecule has 0 spiro atoms. The summed E-state index contributed by atoms with van der Waals surface area (Å²) in [6.45, 7) is 0.911. The van der Waals surface area contributed by atoms with Gasteiger partial charge in [0, 0.05) is 19.4 Å². The molecule has 2 amide bonds. The van der Waals surface area contributed by atoms with Crippen LogP contribution in [0.15, 0.2) is 42.5 Å². The Hall–Kier alpha value is -2.71. The third-order valence-corrected chi connectivity index (χ3v) is 4.85. The van der Waals surface area contributed by atoms with E-state index < -0.39 is 12.0 Å². The van der Waals surface area contributed by atoms with Crippen molar-refractivity contribution >= 4 is 17.8 Å². The van der Waals surface area contributed by atoms with Crippen LogP contribution in [0, 0.1) is 5.92 Å². The molecule has 0 saturated heterocycles. The highest BCUT2D eigenvalue weighted by Gasteiger charge is 2.24. The molecule has 1 aliphatic rings. The third-order valence-electron chi connectivity index (χ3n) is 4.85. The number of rotatable bonds is 8. The van der Waals surface area contributed by atoms with Crippen LogP contribution in [0.3, 0.4) is 0 Å². The average Bonchev–Trinajstić information content (AvgIpc) is 2.79. The van der Waals surface area contributed by atoms with Crippen LogP contribution in [-0.4, -0.2) is 55.8 Å². The maximum absolute atomic E-state index is 12.8. The van der Waals surface area contributed by atoms with Gasteiger partial charge in [0.25, 0.3) is 0 Å². The Kier molecular flexibility index (Phi) is 11.3. The number of hydrogen-bond donors (Lipinski definition) is 3. The van der Waals surface area contributed by atoms with Crippen molar-refractivity contribution in [3.63, 3.8) is 0 Å². The summed E-state index contributed by atoms with van der Waals surface area (Å²) in [6, 6.07) is 9.29. The molecule has 1 aliphatic heterocycles. The highest BCUT2D eigenvalue weighted by molar-refractivity contribution is 5.86. The molecule has 0 radical (unpaired) electrons. The van der Waals surface area contributed by atoms with E-state index in [1.807, 2.05) is 42.5 Å². The van der Waals surface area contributed by atoms with Crippen molar-refractivity contribution < 1.29 is 29.0 Å². The maximum Gasteiger partial charge on any atom is 0.306 e. The molecule has 8 nitrogen and oxygen atoms in total. The lowest BCUT2D eigenvalue weighted by Crippen LogP contribution is -2.38. The number of ether oxygens (including phenoxy) is 2. The Morgan fingerprint density at radius 1 is 1.19 bits per heavy atom. The monoisotopic (exact) mass is 432 g/mol. The maximum atomic E-state index is 12.8. The van der Waals surface area contributed by atoms with Gasteiger partial charge in [-0.25, -0.2) is 0 Å². The minimum Gasteiger partial charge on any atom is -0.456 e. The second-order valence-electron chi connectivity index (χ2n) is 7.32. The summed E-state index contributed by atoms with van der Waals surface area (Å²) in [5.41, 5.74) is 0.807. The van der Waals surface area contributed by atoms with E-state index in [9.17, 15) is 14.4 Å². The molecule has 8 heteroatoms. The molecule has 0 saturated carbocycles. The zero-order chi connectivity index (χ0) is 22.3. The highest BCUT2D eigenvalue weighted by atomic mass is 16.5. The van der Waals surface area contributed by atoms with Crippen LogP contribution >= 0.6 is 0 Å². The zero-order valence-corrected chi connectivity index (χ0v) is 17.8. The molecule has 31 heavy (non-hydrogen) atoms. The number of carbonyl (C=O) groups is 3. The molecular formula is C23H32N2O6. The Morgan fingerprint density at radius 3 is 2.77 bits per heavy atom. The van der Waals surface area contributed by atoms with Crippen LogP contribution in [0.4, 0.5) is 0 Å². The Labute approximate surface area is 183 Å². The predicted octanol–water partition coefficient (Wildman–Crippen LogP) is 1.65. The highest BCUT2D eigenvalue weighted by Crippen LogP contribution is 2.19. The van der Waals surface area contributed by atoms with Crippen LogP contribution in [0.2, 0.25) is 0 Å². The minimum absolute atomic E-state index is 0.0476. The first kappa shape index (κ1) is 24.6. The predicted molar refractivity (Wildman–Crippen MR) is 115 cm³/mol. The number of amides is 2. The smallest absolute Gasteiger partial charge is 0.306 e. The summed E-state index contributed by atoms with van der Waals surface area (Å²) >= 11 is 0. The van der Waals surface area contributed by atoms with Crippen molar-refractivity contribution in [2.45, 2.75) is 38.2 Å². The summed E-state index contributed by atoms with van der Waals surface area (Å²) in [6.07, 6.45) is 5.40.